The molecule has 4 rings (SSSR count). The molecule has 27 heavy (non-hydrogen) atoms. The highest BCUT2D eigenvalue weighted by Crippen LogP contribution is 2.27. The molecule has 0 aliphatic carbocycles. The largest absolute Gasteiger partial charge is 0.346 e. The van der Waals surface area contributed by atoms with Crippen LogP contribution in [-0.4, -0.2) is 10.5 Å². The quantitative estimate of drug-likeness (QED) is 0.654. The molecule has 0 bridgehead atoms. The van der Waals surface area contributed by atoms with E-state index in [1.807, 2.05) is 38.1 Å². The first-order chi connectivity index (χ1) is 13.0. The third-order valence-corrected chi connectivity index (χ3v) is 5.73. The van der Waals surface area contributed by atoms with Gasteiger partial charge in [0.15, 0.2) is 0 Å². The fraction of sp³-hybridized carbons (Fsp3) is 0.273. The average molecular weight is 425 g/mol. The molecule has 1 aromatic heterocycles. The van der Waals surface area contributed by atoms with Gasteiger partial charge in [-0.2, -0.15) is 0 Å². The summed E-state index contributed by atoms with van der Waals surface area (Å²) in [6.07, 6.45) is 4.51. The van der Waals surface area contributed by atoms with E-state index in [4.69, 9.17) is 0 Å². The number of aromatic nitrogens is 1. The third kappa shape index (κ3) is 3.10. The smallest absolute Gasteiger partial charge is 0.261 e. The average Bonchev–Trinajstić information content (AvgIpc) is 2.66. The van der Waals surface area contributed by atoms with Crippen molar-refractivity contribution in [3.8, 4) is 0 Å². The number of carbonyl (C=O) groups excluding carboxylic acids is 1. The Labute approximate surface area is 166 Å². The van der Waals surface area contributed by atoms with Crippen LogP contribution in [-0.2, 0) is 19.4 Å². The molecule has 0 atom stereocenters. The van der Waals surface area contributed by atoms with E-state index in [9.17, 15) is 9.59 Å². The molecule has 0 saturated heterocycles. The van der Waals surface area contributed by atoms with E-state index < -0.39 is 0 Å². The maximum Gasteiger partial charge on any atom is 0.261 e. The summed E-state index contributed by atoms with van der Waals surface area (Å²) in [5.74, 6) is -0.346. The van der Waals surface area contributed by atoms with Gasteiger partial charge < -0.3 is 9.88 Å². The van der Waals surface area contributed by atoms with Crippen molar-refractivity contribution in [1.82, 2.24) is 4.57 Å². The molecular weight excluding hydrogens is 404 g/mol. The predicted octanol–water partition coefficient (Wildman–Crippen LogP) is 4.83. The van der Waals surface area contributed by atoms with Crippen LogP contribution in [0.5, 0.6) is 0 Å². The van der Waals surface area contributed by atoms with E-state index >= 15 is 0 Å². The van der Waals surface area contributed by atoms with Crippen LogP contribution >= 0.6 is 15.9 Å². The number of hydrogen-bond donors (Lipinski definition) is 1. The van der Waals surface area contributed by atoms with Crippen LogP contribution < -0.4 is 10.7 Å². The first-order valence-corrected chi connectivity index (χ1v) is 10.0. The third-order valence-electron chi connectivity index (χ3n) is 5.27. The summed E-state index contributed by atoms with van der Waals surface area (Å²) in [4.78, 5) is 26.0. The summed E-state index contributed by atoms with van der Waals surface area (Å²) in [5.41, 5.74) is 4.96. The van der Waals surface area contributed by atoms with Crippen LogP contribution in [0.1, 0.15) is 40.4 Å². The number of benzene rings is 2. The number of nitrogens with zero attached hydrogens (tertiary/aromatic N) is 1. The van der Waals surface area contributed by atoms with E-state index in [1.54, 1.807) is 6.20 Å². The molecule has 0 unspecified atom stereocenters. The van der Waals surface area contributed by atoms with Gasteiger partial charge in [-0.3, -0.25) is 9.59 Å². The summed E-state index contributed by atoms with van der Waals surface area (Å²) in [5, 5.41) is 3.62. The maximum absolute atomic E-state index is 13.0. The maximum atomic E-state index is 13.0. The van der Waals surface area contributed by atoms with Crippen LogP contribution in [0.3, 0.4) is 0 Å². The highest BCUT2D eigenvalue weighted by atomic mass is 79.9. The van der Waals surface area contributed by atoms with E-state index in [1.165, 1.54) is 5.56 Å². The lowest BCUT2D eigenvalue weighted by Crippen LogP contribution is -2.26. The molecule has 3 aromatic rings. The van der Waals surface area contributed by atoms with Gasteiger partial charge in [0, 0.05) is 28.3 Å². The Morgan fingerprint density at radius 2 is 2.11 bits per heavy atom. The number of hydrogen-bond acceptors (Lipinski definition) is 2. The SMILES string of the molecule is CCc1cc(Br)cc(C)c1NC(=O)c1cn2c3c(cccc3c1=O)CCC2. The fourth-order valence-electron chi connectivity index (χ4n) is 3.97. The van der Waals surface area contributed by atoms with Gasteiger partial charge in [0.2, 0.25) is 5.43 Å². The van der Waals surface area contributed by atoms with E-state index in [2.05, 4.69) is 31.9 Å². The van der Waals surface area contributed by atoms with Gasteiger partial charge in [0.1, 0.15) is 5.56 Å². The number of nitrogens with one attached hydrogen (secondary N) is 1. The number of para-hydroxylation sites is 1. The van der Waals surface area contributed by atoms with Crippen molar-refractivity contribution in [2.75, 3.05) is 5.32 Å². The predicted molar refractivity (Wildman–Crippen MR) is 113 cm³/mol. The lowest BCUT2D eigenvalue weighted by molar-refractivity contribution is 0.102. The molecular formula is C22H21BrN2O2. The Morgan fingerprint density at radius 3 is 2.89 bits per heavy atom. The normalized spacial score (nSPS) is 13.0. The highest BCUT2D eigenvalue weighted by Gasteiger charge is 2.20. The van der Waals surface area contributed by atoms with Crippen LogP contribution in [0.15, 0.2) is 45.8 Å². The molecule has 0 saturated carbocycles. The monoisotopic (exact) mass is 424 g/mol. The molecule has 1 amide bonds. The minimum absolute atomic E-state index is 0.199. The van der Waals surface area contributed by atoms with Gasteiger partial charge in [-0.1, -0.05) is 35.0 Å². The zero-order valence-corrected chi connectivity index (χ0v) is 17.0. The van der Waals surface area contributed by atoms with Gasteiger partial charge in [-0.05, 0) is 61.1 Å². The van der Waals surface area contributed by atoms with Crippen molar-refractivity contribution >= 4 is 38.4 Å². The van der Waals surface area contributed by atoms with Gasteiger partial charge >= 0.3 is 0 Å². The highest BCUT2D eigenvalue weighted by molar-refractivity contribution is 9.10. The molecule has 2 heterocycles. The second-order valence-corrected chi connectivity index (χ2v) is 7.96. The standard InChI is InChI=1S/C22H21BrN2O2/c1-3-14-11-16(23)10-13(2)19(14)24-22(27)18-12-25-9-5-7-15-6-4-8-17(20(15)25)21(18)26/h4,6,8,10-12H,3,5,7,9H2,1-2H3,(H,24,27). The van der Waals surface area contributed by atoms with Crippen molar-refractivity contribution < 1.29 is 4.79 Å². The minimum atomic E-state index is -0.346. The second-order valence-electron chi connectivity index (χ2n) is 7.05. The van der Waals surface area contributed by atoms with Gasteiger partial charge in [0.25, 0.3) is 5.91 Å². The molecule has 4 nitrogen and oxygen atoms in total. The van der Waals surface area contributed by atoms with E-state index in [0.717, 1.165) is 52.6 Å². The zero-order valence-electron chi connectivity index (χ0n) is 15.4. The second kappa shape index (κ2) is 6.97. The molecule has 1 N–H and O–H groups in total. The Balaban J connectivity index is 1.81. The molecule has 138 valence electrons. The Kier molecular flexibility index (Phi) is 4.64. The van der Waals surface area contributed by atoms with Crippen molar-refractivity contribution in [3.05, 3.63) is 73.5 Å². The molecule has 5 heteroatoms. The molecule has 1 aliphatic heterocycles. The van der Waals surface area contributed by atoms with Crippen LogP contribution in [0.2, 0.25) is 0 Å². The van der Waals surface area contributed by atoms with Crippen LogP contribution in [0, 0.1) is 6.92 Å². The number of carbonyl (C=O) groups is 1. The molecule has 1 aliphatic rings. The summed E-state index contributed by atoms with van der Waals surface area (Å²) in [6.45, 7) is 4.84. The first kappa shape index (κ1) is 18.0. The Hall–Kier alpha value is -2.40. The first-order valence-electron chi connectivity index (χ1n) is 9.25. The number of anilines is 1. The summed E-state index contributed by atoms with van der Waals surface area (Å²) >= 11 is 3.50. The molecule has 2 aromatic carbocycles. The molecule has 0 fully saturated rings. The Bertz CT molecular complexity index is 1130. The summed E-state index contributed by atoms with van der Waals surface area (Å²) in [7, 11) is 0. The number of halogens is 1. The number of pyridine rings is 1. The number of aryl methyl sites for hydroxylation is 4. The van der Waals surface area contributed by atoms with E-state index in [-0.39, 0.29) is 16.9 Å². The lowest BCUT2D eigenvalue weighted by atomic mass is 9.99. The number of rotatable bonds is 3. The van der Waals surface area contributed by atoms with Crippen molar-refractivity contribution in [2.24, 2.45) is 0 Å². The van der Waals surface area contributed by atoms with Crippen LogP contribution in [0.25, 0.3) is 10.9 Å². The zero-order chi connectivity index (χ0) is 19.1. The van der Waals surface area contributed by atoms with Gasteiger partial charge in [0.05, 0.1) is 5.52 Å². The van der Waals surface area contributed by atoms with E-state index in [0.29, 0.717) is 5.39 Å². The lowest BCUT2D eigenvalue weighted by Gasteiger charge is -2.21. The van der Waals surface area contributed by atoms with Crippen molar-refractivity contribution in [1.29, 1.82) is 0 Å². The Morgan fingerprint density at radius 1 is 1.30 bits per heavy atom. The fourth-order valence-corrected chi connectivity index (χ4v) is 4.59. The summed E-state index contributed by atoms with van der Waals surface area (Å²) in [6, 6.07) is 9.77. The molecule has 0 spiro atoms. The van der Waals surface area contributed by atoms with Crippen molar-refractivity contribution in [3.63, 3.8) is 0 Å². The minimum Gasteiger partial charge on any atom is -0.346 e. The van der Waals surface area contributed by atoms with Crippen molar-refractivity contribution in [2.45, 2.75) is 39.7 Å². The van der Waals surface area contributed by atoms with Crippen LogP contribution in [0.4, 0.5) is 5.69 Å². The van der Waals surface area contributed by atoms with Gasteiger partial charge in [-0.25, -0.2) is 0 Å². The van der Waals surface area contributed by atoms with Gasteiger partial charge in [-0.15, -0.1) is 0 Å². The number of amides is 1. The summed E-state index contributed by atoms with van der Waals surface area (Å²) < 4.78 is 3.04. The molecule has 0 radical (unpaired) electrons. The topological polar surface area (TPSA) is 51.1 Å².